The molecule has 2 aliphatic carbocycles. The molecule has 6 nitrogen and oxygen atoms in total. The second-order valence-electron chi connectivity index (χ2n) is 8.13. The monoisotopic (exact) mass is 413 g/mol. The van der Waals surface area contributed by atoms with Gasteiger partial charge in [-0.25, -0.2) is 4.99 Å². The van der Waals surface area contributed by atoms with Gasteiger partial charge in [-0.05, 0) is 19.1 Å². The number of carbonyl (C=O) groups is 2. The van der Waals surface area contributed by atoms with Crippen molar-refractivity contribution in [3.8, 4) is 5.75 Å². The van der Waals surface area contributed by atoms with Crippen LogP contribution in [0.25, 0.3) is 0 Å². The third-order valence-electron chi connectivity index (χ3n) is 6.34. The molecule has 2 heterocycles. The second kappa shape index (κ2) is 6.75. The summed E-state index contributed by atoms with van der Waals surface area (Å²) in [5, 5.41) is 0. The molecule has 0 radical (unpaired) electrons. The van der Waals surface area contributed by atoms with E-state index in [-0.39, 0.29) is 11.6 Å². The summed E-state index contributed by atoms with van der Waals surface area (Å²) in [4.78, 5) is 32.9. The fourth-order valence-electron chi connectivity index (χ4n) is 4.79. The molecule has 2 aromatic rings. The summed E-state index contributed by atoms with van der Waals surface area (Å²) in [5.41, 5.74) is 5.04. The molecule has 4 aliphatic rings. The Balaban J connectivity index is 1.60. The number of aryl methyl sites for hydroxylation is 1. The summed E-state index contributed by atoms with van der Waals surface area (Å²) in [6, 6.07) is 12.9. The number of Topliss-reactive ketones (excluding diaryl/α,β-unsaturated/α-hetero) is 2. The van der Waals surface area contributed by atoms with Crippen LogP contribution in [0.1, 0.15) is 26.3 Å². The number of morpholine rings is 1. The van der Waals surface area contributed by atoms with E-state index in [2.05, 4.69) is 9.89 Å². The van der Waals surface area contributed by atoms with Crippen LogP contribution in [0.5, 0.6) is 5.75 Å². The van der Waals surface area contributed by atoms with Gasteiger partial charge in [0.15, 0.2) is 11.5 Å². The Hall–Kier alpha value is -3.51. The zero-order valence-corrected chi connectivity index (χ0v) is 17.1. The molecule has 1 saturated heterocycles. The van der Waals surface area contributed by atoms with Gasteiger partial charge in [-0.1, -0.05) is 36.4 Å². The van der Waals surface area contributed by atoms with E-state index in [1.54, 1.807) is 24.3 Å². The summed E-state index contributed by atoms with van der Waals surface area (Å²) in [7, 11) is 0. The van der Waals surface area contributed by atoms with Gasteiger partial charge in [0.25, 0.3) is 0 Å². The lowest BCUT2D eigenvalue weighted by Crippen LogP contribution is -2.74. The maximum Gasteiger partial charge on any atom is 0.249 e. The minimum Gasteiger partial charge on any atom is -0.468 e. The summed E-state index contributed by atoms with van der Waals surface area (Å²) in [6.07, 6.45) is 1.50. The molecule has 0 aromatic heterocycles. The number of benzene rings is 2. The highest BCUT2D eigenvalue weighted by molar-refractivity contribution is 6.39. The van der Waals surface area contributed by atoms with Crippen LogP contribution in [0.3, 0.4) is 0 Å². The van der Waals surface area contributed by atoms with E-state index in [1.165, 1.54) is 0 Å². The first-order valence-electron chi connectivity index (χ1n) is 10.5. The van der Waals surface area contributed by atoms with Crippen molar-refractivity contribution >= 4 is 23.0 Å². The average Bonchev–Trinajstić information content (AvgIpc) is 2.81. The molecule has 154 valence electrons. The van der Waals surface area contributed by atoms with Crippen molar-refractivity contribution in [3.63, 3.8) is 0 Å². The van der Waals surface area contributed by atoms with E-state index in [4.69, 9.17) is 9.47 Å². The lowest BCUT2D eigenvalue weighted by atomic mass is 9.76. The van der Waals surface area contributed by atoms with Gasteiger partial charge >= 0.3 is 0 Å². The molecule has 0 saturated carbocycles. The van der Waals surface area contributed by atoms with Gasteiger partial charge in [-0.3, -0.25) is 9.59 Å². The largest absolute Gasteiger partial charge is 0.468 e. The summed E-state index contributed by atoms with van der Waals surface area (Å²) < 4.78 is 11.8. The quantitative estimate of drug-likeness (QED) is 0.768. The van der Waals surface area contributed by atoms with Crippen molar-refractivity contribution in [3.05, 3.63) is 82.1 Å². The van der Waals surface area contributed by atoms with Crippen LogP contribution >= 0.6 is 0 Å². The number of ether oxygens (including phenoxy) is 2. The normalized spacial score (nSPS) is 22.0. The molecule has 1 atom stereocenters. The van der Waals surface area contributed by atoms with Gasteiger partial charge in [0, 0.05) is 35.5 Å². The van der Waals surface area contributed by atoms with Crippen LogP contribution < -0.4 is 9.73 Å². The van der Waals surface area contributed by atoms with Gasteiger partial charge < -0.3 is 14.4 Å². The van der Waals surface area contributed by atoms with E-state index < -0.39 is 6.10 Å². The minimum atomic E-state index is -0.465. The number of allylic oxidation sites excluding steroid dienone is 1. The zero-order valence-electron chi connectivity index (χ0n) is 17.1. The SMILES string of the molecule is Cc1cccc2c1[NH+]=C1C3=C(C(=O)c4ccccc4C3=O)C(N3CCOCC3)=CC1O2. The van der Waals surface area contributed by atoms with Crippen LogP contribution in [-0.4, -0.2) is 54.6 Å². The number of hydrogen-bond donors (Lipinski definition) is 1. The van der Waals surface area contributed by atoms with Gasteiger partial charge in [0.05, 0.1) is 18.8 Å². The van der Waals surface area contributed by atoms with Gasteiger partial charge in [-0.15, -0.1) is 0 Å². The molecule has 2 aliphatic heterocycles. The van der Waals surface area contributed by atoms with Crippen molar-refractivity contribution in [1.82, 2.24) is 4.90 Å². The van der Waals surface area contributed by atoms with Crippen molar-refractivity contribution in [2.75, 3.05) is 26.3 Å². The van der Waals surface area contributed by atoms with Crippen molar-refractivity contribution in [2.24, 2.45) is 0 Å². The first-order chi connectivity index (χ1) is 15.1. The zero-order chi connectivity index (χ0) is 21.1. The molecule has 6 heteroatoms. The maximum atomic E-state index is 13.7. The van der Waals surface area contributed by atoms with E-state index in [9.17, 15) is 9.59 Å². The molecule has 1 unspecified atom stereocenters. The van der Waals surface area contributed by atoms with E-state index in [0.29, 0.717) is 54.3 Å². The predicted octanol–water partition coefficient (Wildman–Crippen LogP) is 1.51. The molecular weight excluding hydrogens is 392 g/mol. The highest BCUT2D eigenvalue weighted by atomic mass is 16.5. The standard InChI is InChI=1S/C25H20N2O4/c1-14-5-4-8-18-22(14)26-23-19(31-18)13-17(27-9-11-30-12-10-27)20-21(23)25(29)16-7-3-2-6-15(16)24(20)28/h2-8,13,19H,9-12H2,1H3/p+1. The van der Waals surface area contributed by atoms with Crippen LogP contribution in [0, 0.1) is 6.92 Å². The van der Waals surface area contributed by atoms with E-state index >= 15 is 0 Å². The lowest BCUT2D eigenvalue weighted by molar-refractivity contribution is -0.363. The minimum absolute atomic E-state index is 0.119. The molecule has 0 spiro atoms. The number of carbonyl (C=O) groups excluding carboxylic acids is 2. The number of nitrogens with zero attached hydrogens (tertiary/aromatic N) is 1. The molecule has 1 fully saturated rings. The Kier molecular flexibility index (Phi) is 3.98. The van der Waals surface area contributed by atoms with Gasteiger partial charge in [-0.2, -0.15) is 0 Å². The molecular formula is C25H21N2O4+. The van der Waals surface area contributed by atoms with Crippen molar-refractivity contribution in [2.45, 2.75) is 13.0 Å². The number of nitrogens with one attached hydrogen (secondary N) is 1. The Morgan fingerprint density at radius 2 is 1.65 bits per heavy atom. The molecule has 6 rings (SSSR count). The second-order valence-corrected chi connectivity index (χ2v) is 8.13. The number of hydrogen-bond acceptors (Lipinski definition) is 5. The third kappa shape index (κ3) is 2.65. The van der Waals surface area contributed by atoms with E-state index in [0.717, 1.165) is 22.7 Å². The van der Waals surface area contributed by atoms with Gasteiger partial charge in [0.1, 0.15) is 5.57 Å². The van der Waals surface area contributed by atoms with Gasteiger partial charge in [0.2, 0.25) is 23.3 Å². The summed E-state index contributed by atoms with van der Waals surface area (Å²) in [6.45, 7) is 4.49. The van der Waals surface area contributed by atoms with Crippen molar-refractivity contribution < 1.29 is 24.1 Å². The van der Waals surface area contributed by atoms with Crippen LogP contribution in [0.4, 0.5) is 5.69 Å². The molecule has 2 aromatic carbocycles. The molecule has 1 N–H and O–H groups in total. The molecule has 31 heavy (non-hydrogen) atoms. The number of ketones is 2. The topological polar surface area (TPSA) is 69.8 Å². The number of rotatable bonds is 1. The van der Waals surface area contributed by atoms with Crippen LogP contribution in [-0.2, 0) is 4.74 Å². The Morgan fingerprint density at radius 1 is 0.935 bits per heavy atom. The Labute approximate surface area is 179 Å². The summed E-state index contributed by atoms with van der Waals surface area (Å²) in [5.74, 6) is 0.480. The third-order valence-corrected chi connectivity index (χ3v) is 6.34. The Bertz CT molecular complexity index is 1250. The highest BCUT2D eigenvalue weighted by Gasteiger charge is 2.47. The average molecular weight is 413 g/mol. The van der Waals surface area contributed by atoms with E-state index in [1.807, 2.05) is 31.2 Å². The van der Waals surface area contributed by atoms with Crippen LogP contribution in [0.2, 0.25) is 0 Å². The first kappa shape index (κ1) is 18.3. The predicted molar refractivity (Wildman–Crippen MR) is 114 cm³/mol. The maximum absolute atomic E-state index is 13.7. The number of fused-ring (bicyclic) bond motifs is 4. The van der Waals surface area contributed by atoms with Crippen LogP contribution in [0.15, 0.2) is 65.4 Å². The lowest BCUT2D eigenvalue weighted by Gasteiger charge is -2.37. The smallest absolute Gasteiger partial charge is 0.249 e. The Morgan fingerprint density at radius 3 is 2.39 bits per heavy atom. The summed E-state index contributed by atoms with van der Waals surface area (Å²) >= 11 is 0. The molecule has 0 bridgehead atoms. The fraction of sp³-hybridized carbons (Fsp3) is 0.240. The highest BCUT2D eigenvalue weighted by Crippen LogP contribution is 2.38. The van der Waals surface area contributed by atoms with Crippen molar-refractivity contribution in [1.29, 1.82) is 0 Å². The number of para-hydroxylation sites is 1. The molecule has 0 amide bonds. The fourth-order valence-corrected chi connectivity index (χ4v) is 4.79. The first-order valence-corrected chi connectivity index (χ1v) is 10.5.